The van der Waals surface area contributed by atoms with E-state index in [1.165, 1.54) is 24.3 Å². The number of amides is 2. The first-order valence-corrected chi connectivity index (χ1v) is 12.6. The van der Waals surface area contributed by atoms with E-state index in [1.54, 1.807) is 4.90 Å². The summed E-state index contributed by atoms with van der Waals surface area (Å²) < 4.78 is 12.0. The van der Waals surface area contributed by atoms with Crippen LogP contribution in [0.4, 0.5) is 5.69 Å². The number of hydrogen-bond acceptors (Lipinski definition) is 8. The van der Waals surface area contributed by atoms with Crippen LogP contribution >= 0.6 is 0 Å². The number of rotatable bonds is 4. The Morgan fingerprint density at radius 2 is 1.83 bits per heavy atom. The molecular weight excluding hydrogens is 462 g/mol. The fraction of sp³-hybridized carbons (Fsp3) is 0.538. The molecule has 3 aliphatic rings. The fourth-order valence-electron chi connectivity index (χ4n) is 5.31. The molecule has 0 spiro atoms. The lowest BCUT2D eigenvalue weighted by Gasteiger charge is -2.44. The maximum absolute atomic E-state index is 13.2. The summed E-state index contributed by atoms with van der Waals surface area (Å²) in [4.78, 5) is 40.3. The summed E-state index contributed by atoms with van der Waals surface area (Å²) in [6.45, 7) is 3.50. The third-order valence-electron chi connectivity index (χ3n) is 7.18. The molecule has 5 rings (SSSR count). The van der Waals surface area contributed by atoms with Crippen molar-refractivity contribution < 1.29 is 24.2 Å². The van der Waals surface area contributed by atoms with Gasteiger partial charge in [-0.15, -0.1) is 0 Å². The molecule has 3 aliphatic heterocycles. The molecule has 0 bridgehead atoms. The Balaban J connectivity index is 1.18. The Bertz CT molecular complexity index is 1020. The second-order valence-electron chi connectivity index (χ2n) is 9.59. The molecule has 0 radical (unpaired) electrons. The largest absolute Gasteiger partial charge is 0.389 e. The Hall–Kier alpha value is -3.08. The van der Waals surface area contributed by atoms with Crippen molar-refractivity contribution >= 4 is 17.5 Å². The molecule has 3 fully saturated rings. The lowest BCUT2D eigenvalue weighted by atomic mass is 9.94. The van der Waals surface area contributed by atoms with E-state index in [9.17, 15) is 14.7 Å². The van der Waals surface area contributed by atoms with Gasteiger partial charge in [-0.05, 0) is 25.0 Å². The molecule has 36 heavy (non-hydrogen) atoms. The molecule has 4 atom stereocenters. The average molecular weight is 496 g/mol. The quantitative estimate of drug-likeness (QED) is 0.669. The average Bonchev–Trinajstić information content (AvgIpc) is 2.92. The minimum atomic E-state index is -0.791. The molecule has 10 heteroatoms. The number of benzene rings is 1. The van der Waals surface area contributed by atoms with Gasteiger partial charge in [0.1, 0.15) is 11.8 Å². The highest BCUT2D eigenvalue weighted by atomic mass is 16.5. The molecule has 192 valence electrons. The minimum Gasteiger partial charge on any atom is -0.389 e. The number of aromatic nitrogens is 2. The molecule has 1 aromatic heterocycles. The molecule has 2 amide bonds. The van der Waals surface area contributed by atoms with Crippen LogP contribution in [0.5, 0.6) is 0 Å². The van der Waals surface area contributed by atoms with Crippen LogP contribution in [0, 0.1) is 0 Å². The van der Waals surface area contributed by atoms with E-state index >= 15 is 0 Å². The predicted octanol–water partition coefficient (Wildman–Crippen LogP) is 0.965. The molecule has 3 saturated heterocycles. The van der Waals surface area contributed by atoms with Crippen LogP contribution in [0.15, 0.2) is 48.9 Å². The zero-order valence-corrected chi connectivity index (χ0v) is 20.3. The number of para-hydroxylation sites is 1. The lowest BCUT2D eigenvalue weighted by Crippen LogP contribution is -2.58. The second-order valence-corrected chi connectivity index (χ2v) is 9.59. The molecule has 1 N–H and O–H groups in total. The zero-order valence-electron chi connectivity index (χ0n) is 20.3. The Kier molecular flexibility index (Phi) is 7.74. The number of aliphatic hydroxyl groups is 1. The van der Waals surface area contributed by atoms with E-state index in [0.29, 0.717) is 32.4 Å². The first-order chi connectivity index (χ1) is 17.6. The monoisotopic (exact) mass is 495 g/mol. The molecule has 10 nitrogen and oxygen atoms in total. The van der Waals surface area contributed by atoms with Crippen LogP contribution in [0.1, 0.15) is 29.8 Å². The van der Waals surface area contributed by atoms with Crippen molar-refractivity contribution in [3.63, 3.8) is 0 Å². The summed E-state index contributed by atoms with van der Waals surface area (Å²) in [5.41, 5.74) is 1.41. The molecular formula is C26H33N5O5. The summed E-state index contributed by atoms with van der Waals surface area (Å²) in [5, 5.41) is 10.3. The standard InChI is InChI=1S/C26H33N5O5/c32-20-16-31(26(34)22-15-27-8-9-28-22)23-7-6-21(36-24(23)18-35-17-20)14-25(33)30-12-10-29(11-13-30)19-4-2-1-3-5-19/h1-5,8-9,15,20-21,23-24,32H,6-7,10-14,16-18H2/t20-,21+,23-,24+/m1/s1. The number of ether oxygens (including phenoxy) is 2. The van der Waals surface area contributed by atoms with Gasteiger partial charge in [-0.3, -0.25) is 14.6 Å². The van der Waals surface area contributed by atoms with Gasteiger partial charge in [-0.2, -0.15) is 0 Å². The van der Waals surface area contributed by atoms with Gasteiger partial charge in [0, 0.05) is 50.8 Å². The maximum Gasteiger partial charge on any atom is 0.274 e. The number of piperazine rings is 1. The predicted molar refractivity (Wildman–Crippen MR) is 131 cm³/mol. The Labute approximate surface area is 210 Å². The maximum atomic E-state index is 13.2. The molecule has 0 aliphatic carbocycles. The number of fused-ring (bicyclic) bond motifs is 1. The number of anilines is 1. The highest BCUT2D eigenvalue weighted by Crippen LogP contribution is 2.29. The van der Waals surface area contributed by atoms with Gasteiger partial charge < -0.3 is 29.3 Å². The van der Waals surface area contributed by atoms with Crippen LogP contribution in [0.2, 0.25) is 0 Å². The van der Waals surface area contributed by atoms with Gasteiger partial charge >= 0.3 is 0 Å². The van der Waals surface area contributed by atoms with Crippen LogP contribution in [-0.4, -0.2) is 107 Å². The molecule has 0 unspecified atom stereocenters. The van der Waals surface area contributed by atoms with E-state index in [-0.39, 0.29) is 55.5 Å². The van der Waals surface area contributed by atoms with Gasteiger partial charge in [-0.25, -0.2) is 4.98 Å². The summed E-state index contributed by atoms with van der Waals surface area (Å²) in [6, 6.07) is 9.99. The van der Waals surface area contributed by atoms with Crippen LogP contribution in [0.3, 0.4) is 0 Å². The fourth-order valence-corrected chi connectivity index (χ4v) is 5.31. The van der Waals surface area contributed by atoms with Crippen molar-refractivity contribution in [2.24, 2.45) is 0 Å². The summed E-state index contributed by atoms with van der Waals surface area (Å²) in [7, 11) is 0. The minimum absolute atomic E-state index is 0.0980. The third kappa shape index (κ3) is 5.66. The van der Waals surface area contributed by atoms with Crippen LogP contribution < -0.4 is 4.90 Å². The Morgan fingerprint density at radius 3 is 2.58 bits per heavy atom. The Morgan fingerprint density at radius 1 is 1.03 bits per heavy atom. The zero-order chi connectivity index (χ0) is 24.9. The highest BCUT2D eigenvalue weighted by molar-refractivity contribution is 5.92. The van der Waals surface area contributed by atoms with Crippen LogP contribution in [0.25, 0.3) is 0 Å². The third-order valence-corrected chi connectivity index (χ3v) is 7.18. The number of β-amino-alcohol motifs (C(OH)–C–C–N with tert-alkyl or cyclic N) is 1. The van der Waals surface area contributed by atoms with Gasteiger partial charge in [0.05, 0.1) is 44.1 Å². The van der Waals surface area contributed by atoms with E-state index in [1.807, 2.05) is 23.1 Å². The smallest absolute Gasteiger partial charge is 0.274 e. The highest BCUT2D eigenvalue weighted by Gasteiger charge is 2.41. The van der Waals surface area contributed by atoms with Gasteiger partial charge in [0.25, 0.3) is 5.91 Å². The first kappa shape index (κ1) is 24.6. The molecule has 2 aromatic rings. The van der Waals surface area contributed by atoms with E-state index in [2.05, 4.69) is 27.0 Å². The normalized spacial score (nSPS) is 27.1. The van der Waals surface area contributed by atoms with Crippen LogP contribution in [-0.2, 0) is 14.3 Å². The number of carbonyl (C=O) groups is 2. The van der Waals surface area contributed by atoms with Crippen molar-refractivity contribution in [1.82, 2.24) is 19.8 Å². The SMILES string of the molecule is O=C(C[C@@H]1CC[C@@H]2[C@H](COC[C@H](O)CN2C(=O)c2cnccn2)O1)N1CCN(c2ccccc2)CC1. The molecule has 4 heterocycles. The number of hydrogen-bond donors (Lipinski definition) is 1. The van der Waals surface area contributed by atoms with Crippen molar-refractivity contribution in [1.29, 1.82) is 0 Å². The summed E-state index contributed by atoms with van der Waals surface area (Å²) in [6.07, 6.45) is 4.66. The molecule has 0 saturated carbocycles. The van der Waals surface area contributed by atoms with Crippen molar-refractivity contribution in [2.75, 3.05) is 50.8 Å². The van der Waals surface area contributed by atoms with Gasteiger partial charge in [0.15, 0.2) is 0 Å². The lowest BCUT2D eigenvalue weighted by molar-refractivity contribution is -0.155. The van der Waals surface area contributed by atoms with E-state index in [4.69, 9.17) is 9.47 Å². The first-order valence-electron chi connectivity index (χ1n) is 12.6. The van der Waals surface area contributed by atoms with Gasteiger partial charge in [-0.1, -0.05) is 18.2 Å². The summed E-state index contributed by atoms with van der Waals surface area (Å²) >= 11 is 0. The van der Waals surface area contributed by atoms with Gasteiger partial charge in [0.2, 0.25) is 5.91 Å². The van der Waals surface area contributed by atoms with Crippen molar-refractivity contribution in [3.8, 4) is 0 Å². The number of aliphatic hydroxyl groups excluding tert-OH is 1. The molecule has 1 aromatic carbocycles. The van der Waals surface area contributed by atoms with Crippen molar-refractivity contribution in [2.45, 2.75) is 43.6 Å². The van der Waals surface area contributed by atoms with E-state index < -0.39 is 6.10 Å². The van der Waals surface area contributed by atoms with Crippen molar-refractivity contribution in [3.05, 3.63) is 54.6 Å². The number of carbonyl (C=O) groups excluding carboxylic acids is 2. The topological polar surface area (TPSA) is 108 Å². The second kappa shape index (κ2) is 11.3. The van der Waals surface area contributed by atoms with E-state index in [0.717, 1.165) is 13.1 Å². The summed E-state index contributed by atoms with van der Waals surface area (Å²) in [5.74, 6) is -0.186. The number of nitrogens with zero attached hydrogens (tertiary/aromatic N) is 5.